The summed E-state index contributed by atoms with van der Waals surface area (Å²) in [5.41, 5.74) is 0.356. The van der Waals surface area contributed by atoms with Crippen molar-refractivity contribution in [3.05, 3.63) is 35.4 Å². The zero-order valence-electron chi connectivity index (χ0n) is 11.8. The summed E-state index contributed by atoms with van der Waals surface area (Å²) in [5.74, 6) is -1.76. The number of hydrogen-bond acceptors (Lipinski definition) is 2. The van der Waals surface area contributed by atoms with E-state index in [0.717, 1.165) is 6.07 Å². The summed E-state index contributed by atoms with van der Waals surface area (Å²) in [6.45, 7) is 3.72. The summed E-state index contributed by atoms with van der Waals surface area (Å²) in [7, 11) is 0. The third kappa shape index (κ3) is 2.28. The normalized spacial score (nSPS) is 28.2. The smallest absolute Gasteiger partial charge is 0.325 e. The fourth-order valence-electron chi connectivity index (χ4n) is 2.88. The van der Waals surface area contributed by atoms with Gasteiger partial charge in [0, 0.05) is 18.0 Å². The third-order valence-corrected chi connectivity index (χ3v) is 4.12. The summed E-state index contributed by atoms with van der Waals surface area (Å²) >= 11 is 0. The summed E-state index contributed by atoms with van der Waals surface area (Å²) in [6, 6.07) is 2.13. The number of halogens is 2. The first-order chi connectivity index (χ1) is 9.90. The Labute approximate surface area is 121 Å². The number of imide groups is 1. The van der Waals surface area contributed by atoms with Crippen molar-refractivity contribution in [1.29, 1.82) is 0 Å². The Hall–Kier alpha value is -1.98. The molecule has 3 atom stereocenters. The average Bonchev–Trinajstić information content (AvgIpc) is 3.09. The first-order valence-electron chi connectivity index (χ1n) is 6.98. The zero-order valence-corrected chi connectivity index (χ0v) is 11.8. The molecule has 1 saturated heterocycles. The first kappa shape index (κ1) is 14.0. The van der Waals surface area contributed by atoms with Crippen molar-refractivity contribution < 1.29 is 18.4 Å². The minimum Gasteiger partial charge on any atom is -0.326 e. The highest BCUT2D eigenvalue weighted by molar-refractivity contribution is 6.05. The SMILES string of the molecule is CC(C)[C@@H]1NC(=O)N([C@@H]2C[C@H]2c2ccc(F)cc2F)C1=O. The number of urea groups is 1. The number of rotatable bonds is 3. The Balaban J connectivity index is 1.79. The van der Waals surface area contributed by atoms with Crippen molar-refractivity contribution >= 4 is 11.9 Å². The molecule has 0 aromatic heterocycles. The van der Waals surface area contributed by atoms with Crippen molar-refractivity contribution in [2.75, 3.05) is 0 Å². The molecule has 0 radical (unpaired) electrons. The Morgan fingerprint density at radius 1 is 1.29 bits per heavy atom. The Morgan fingerprint density at radius 3 is 2.57 bits per heavy atom. The van der Waals surface area contributed by atoms with Crippen LogP contribution in [-0.4, -0.2) is 28.9 Å². The Kier molecular flexibility index (Phi) is 3.19. The quantitative estimate of drug-likeness (QED) is 0.870. The second-order valence-electron chi connectivity index (χ2n) is 5.95. The van der Waals surface area contributed by atoms with Gasteiger partial charge in [-0.15, -0.1) is 0 Å². The van der Waals surface area contributed by atoms with Gasteiger partial charge in [0.1, 0.15) is 17.7 Å². The van der Waals surface area contributed by atoms with E-state index in [-0.39, 0.29) is 23.8 Å². The molecule has 4 nitrogen and oxygen atoms in total. The Bertz CT molecular complexity index is 618. The highest BCUT2D eigenvalue weighted by Crippen LogP contribution is 2.46. The lowest BCUT2D eigenvalue weighted by Crippen LogP contribution is -2.36. The fraction of sp³-hybridized carbons (Fsp3) is 0.467. The van der Waals surface area contributed by atoms with E-state index >= 15 is 0 Å². The molecule has 2 fully saturated rings. The molecule has 1 saturated carbocycles. The molecular formula is C15H16F2N2O2. The zero-order chi connectivity index (χ0) is 15.3. The van der Waals surface area contributed by atoms with Crippen molar-refractivity contribution in [3.63, 3.8) is 0 Å². The molecular weight excluding hydrogens is 278 g/mol. The fourth-order valence-corrected chi connectivity index (χ4v) is 2.88. The van der Waals surface area contributed by atoms with E-state index in [1.807, 2.05) is 13.8 Å². The van der Waals surface area contributed by atoms with Crippen LogP contribution in [0.3, 0.4) is 0 Å². The molecule has 2 aliphatic rings. The van der Waals surface area contributed by atoms with Crippen LogP contribution in [0.5, 0.6) is 0 Å². The third-order valence-electron chi connectivity index (χ3n) is 4.12. The standard InChI is InChI=1S/C15H16F2N2O2/c1-7(2)13-14(20)19(15(21)18-13)12-6-10(12)9-4-3-8(16)5-11(9)17/h3-5,7,10,12-13H,6H2,1-2H3,(H,18,21)/t10-,12+,13-/m0/s1. The molecule has 0 bridgehead atoms. The van der Waals surface area contributed by atoms with Crippen molar-refractivity contribution in [2.24, 2.45) is 5.92 Å². The van der Waals surface area contributed by atoms with E-state index < -0.39 is 23.7 Å². The molecule has 6 heteroatoms. The monoisotopic (exact) mass is 294 g/mol. The Morgan fingerprint density at radius 2 is 2.00 bits per heavy atom. The molecule has 1 N–H and O–H groups in total. The lowest BCUT2D eigenvalue weighted by atomic mass is 10.0. The van der Waals surface area contributed by atoms with E-state index in [1.165, 1.54) is 17.0 Å². The van der Waals surface area contributed by atoms with Gasteiger partial charge < -0.3 is 5.32 Å². The predicted octanol–water partition coefficient (Wildman–Crippen LogP) is 2.40. The van der Waals surface area contributed by atoms with Gasteiger partial charge in [-0.2, -0.15) is 0 Å². The summed E-state index contributed by atoms with van der Waals surface area (Å²) in [4.78, 5) is 25.4. The topological polar surface area (TPSA) is 49.4 Å². The average molecular weight is 294 g/mol. The van der Waals surface area contributed by atoms with Crippen LogP contribution in [0.2, 0.25) is 0 Å². The largest absolute Gasteiger partial charge is 0.326 e. The van der Waals surface area contributed by atoms with E-state index in [1.54, 1.807) is 0 Å². The summed E-state index contributed by atoms with van der Waals surface area (Å²) in [6.07, 6.45) is 0.520. The minimum absolute atomic E-state index is 0.00575. The van der Waals surface area contributed by atoms with Gasteiger partial charge in [0.05, 0.1) is 0 Å². The van der Waals surface area contributed by atoms with Crippen molar-refractivity contribution in [2.45, 2.75) is 38.3 Å². The van der Waals surface area contributed by atoms with Gasteiger partial charge in [-0.1, -0.05) is 19.9 Å². The van der Waals surface area contributed by atoms with E-state index in [0.29, 0.717) is 12.0 Å². The van der Waals surface area contributed by atoms with Crippen LogP contribution in [-0.2, 0) is 4.79 Å². The number of benzene rings is 1. The van der Waals surface area contributed by atoms with Gasteiger partial charge in [-0.3, -0.25) is 9.69 Å². The second kappa shape index (κ2) is 4.79. The first-order valence-corrected chi connectivity index (χ1v) is 6.98. The molecule has 1 aromatic rings. The highest BCUT2D eigenvalue weighted by Gasteiger charge is 2.53. The number of nitrogens with zero attached hydrogens (tertiary/aromatic N) is 1. The molecule has 1 aromatic carbocycles. The van der Waals surface area contributed by atoms with Crippen LogP contribution >= 0.6 is 0 Å². The lowest BCUT2D eigenvalue weighted by molar-refractivity contribution is -0.128. The number of hydrogen-bond donors (Lipinski definition) is 1. The molecule has 3 amide bonds. The van der Waals surface area contributed by atoms with Crippen LogP contribution in [0, 0.1) is 17.6 Å². The van der Waals surface area contributed by atoms with Crippen LogP contribution in [0.15, 0.2) is 18.2 Å². The maximum atomic E-state index is 13.8. The molecule has 21 heavy (non-hydrogen) atoms. The number of amides is 3. The lowest BCUT2D eigenvalue weighted by Gasteiger charge is -2.14. The van der Waals surface area contributed by atoms with Gasteiger partial charge in [0.2, 0.25) is 0 Å². The van der Waals surface area contributed by atoms with Crippen molar-refractivity contribution in [3.8, 4) is 0 Å². The molecule has 1 heterocycles. The van der Waals surface area contributed by atoms with Gasteiger partial charge in [-0.25, -0.2) is 13.6 Å². The number of carbonyl (C=O) groups is 2. The van der Waals surface area contributed by atoms with Gasteiger partial charge >= 0.3 is 6.03 Å². The van der Waals surface area contributed by atoms with Gasteiger partial charge in [0.15, 0.2) is 0 Å². The highest BCUT2D eigenvalue weighted by atomic mass is 19.1. The summed E-state index contributed by atoms with van der Waals surface area (Å²) < 4.78 is 26.7. The van der Waals surface area contributed by atoms with Crippen LogP contribution < -0.4 is 5.32 Å². The van der Waals surface area contributed by atoms with Gasteiger partial charge in [-0.05, 0) is 24.0 Å². The maximum absolute atomic E-state index is 13.8. The molecule has 1 aliphatic carbocycles. The molecule has 0 unspecified atom stereocenters. The van der Waals surface area contributed by atoms with Gasteiger partial charge in [0.25, 0.3) is 5.91 Å². The predicted molar refractivity (Wildman–Crippen MR) is 71.5 cm³/mol. The van der Waals surface area contributed by atoms with E-state index in [4.69, 9.17) is 0 Å². The maximum Gasteiger partial charge on any atom is 0.325 e. The number of carbonyl (C=O) groups excluding carboxylic acids is 2. The second-order valence-corrected chi connectivity index (χ2v) is 5.95. The van der Waals surface area contributed by atoms with Crippen LogP contribution in [0.25, 0.3) is 0 Å². The van der Waals surface area contributed by atoms with E-state index in [9.17, 15) is 18.4 Å². The molecule has 3 rings (SSSR count). The van der Waals surface area contributed by atoms with Crippen molar-refractivity contribution in [1.82, 2.24) is 10.2 Å². The van der Waals surface area contributed by atoms with Crippen LogP contribution in [0.1, 0.15) is 31.7 Å². The molecule has 112 valence electrons. The van der Waals surface area contributed by atoms with E-state index in [2.05, 4.69) is 5.32 Å². The van der Waals surface area contributed by atoms with Crippen LogP contribution in [0.4, 0.5) is 13.6 Å². The summed E-state index contributed by atoms with van der Waals surface area (Å²) in [5, 5.41) is 2.65. The minimum atomic E-state index is -0.636. The number of nitrogens with one attached hydrogen (secondary N) is 1. The molecule has 1 aliphatic heterocycles. The molecule has 0 spiro atoms.